The predicted octanol–water partition coefficient (Wildman–Crippen LogP) is 3.44. The highest BCUT2D eigenvalue weighted by atomic mass is 35.5. The average molecular weight is 252 g/mol. The molecule has 0 spiro atoms. The van der Waals surface area contributed by atoms with Gasteiger partial charge in [0, 0.05) is 5.56 Å². The number of aromatic nitrogens is 2. The molecular formula is C12H11ClFN3. The molecule has 0 aliphatic rings. The number of benzene rings is 1. The number of hydrogen-bond acceptors (Lipinski definition) is 3. The number of halogens is 2. The van der Waals surface area contributed by atoms with Gasteiger partial charge in [-0.1, -0.05) is 29.8 Å². The standard InChI is InChI=1S/C12H11ClFN3/c1-8(9-4-2-3-5-10(9)14)15-12-7-6-11(13)16-17-12/h2-8H,1H3,(H,15,17)/t8-/m0/s1. The summed E-state index contributed by atoms with van der Waals surface area (Å²) in [5.41, 5.74) is 0.587. The van der Waals surface area contributed by atoms with Crippen LogP contribution in [0.4, 0.5) is 10.2 Å². The molecule has 3 nitrogen and oxygen atoms in total. The molecule has 17 heavy (non-hydrogen) atoms. The summed E-state index contributed by atoms with van der Waals surface area (Å²) in [6.07, 6.45) is 0. The zero-order valence-corrected chi connectivity index (χ0v) is 9.95. The quantitative estimate of drug-likeness (QED) is 0.908. The predicted molar refractivity (Wildman–Crippen MR) is 65.5 cm³/mol. The molecule has 0 aliphatic heterocycles. The molecule has 0 amide bonds. The van der Waals surface area contributed by atoms with E-state index in [1.54, 1.807) is 30.3 Å². The highest BCUT2D eigenvalue weighted by molar-refractivity contribution is 6.29. The maximum atomic E-state index is 13.5. The Hall–Kier alpha value is -1.68. The molecule has 0 unspecified atom stereocenters. The van der Waals surface area contributed by atoms with Crippen LogP contribution in [0.25, 0.3) is 0 Å². The molecule has 2 rings (SSSR count). The fraction of sp³-hybridized carbons (Fsp3) is 0.167. The van der Waals surface area contributed by atoms with Gasteiger partial charge in [0.25, 0.3) is 0 Å². The smallest absolute Gasteiger partial charge is 0.151 e. The van der Waals surface area contributed by atoms with Gasteiger partial charge < -0.3 is 5.32 Å². The van der Waals surface area contributed by atoms with Gasteiger partial charge in [0.1, 0.15) is 11.6 Å². The van der Waals surface area contributed by atoms with Crippen LogP contribution in [0.3, 0.4) is 0 Å². The molecule has 0 fully saturated rings. The van der Waals surface area contributed by atoms with Crippen molar-refractivity contribution >= 4 is 17.4 Å². The molecule has 88 valence electrons. The van der Waals surface area contributed by atoms with Crippen molar-refractivity contribution < 1.29 is 4.39 Å². The lowest BCUT2D eigenvalue weighted by Gasteiger charge is -2.14. The monoisotopic (exact) mass is 251 g/mol. The number of nitrogens with one attached hydrogen (secondary N) is 1. The van der Waals surface area contributed by atoms with Crippen molar-refractivity contribution in [2.75, 3.05) is 5.32 Å². The third-order valence-corrected chi connectivity index (χ3v) is 2.57. The third-order valence-electron chi connectivity index (χ3n) is 2.37. The van der Waals surface area contributed by atoms with Gasteiger partial charge in [-0.15, -0.1) is 10.2 Å². The second-order valence-corrected chi connectivity index (χ2v) is 4.02. The molecule has 1 atom stereocenters. The summed E-state index contributed by atoms with van der Waals surface area (Å²) in [5.74, 6) is 0.319. The van der Waals surface area contributed by atoms with Gasteiger partial charge in [0.2, 0.25) is 0 Å². The van der Waals surface area contributed by atoms with Crippen molar-refractivity contribution in [3.8, 4) is 0 Å². The highest BCUT2D eigenvalue weighted by Gasteiger charge is 2.10. The van der Waals surface area contributed by atoms with E-state index >= 15 is 0 Å². The molecule has 2 aromatic rings. The van der Waals surface area contributed by atoms with Crippen LogP contribution in [0.5, 0.6) is 0 Å². The van der Waals surface area contributed by atoms with Gasteiger partial charge in [-0.25, -0.2) is 4.39 Å². The van der Waals surface area contributed by atoms with Crippen molar-refractivity contribution in [3.63, 3.8) is 0 Å². The highest BCUT2D eigenvalue weighted by Crippen LogP contribution is 2.20. The summed E-state index contributed by atoms with van der Waals surface area (Å²) in [5, 5.41) is 10.9. The maximum absolute atomic E-state index is 13.5. The minimum Gasteiger partial charge on any atom is -0.362 e. The van der Waals surface area contributed by atoms with Crippen molar-refractivity contribution in [1.29, 1.82) is 0 Å². The van der Waals surface area contributed by atoms with E-state index in [0.29, 0.717) is 16.5 Å². The molecule has 0 saturated heterocycles. The number of hydrogen-bond donors (Lipinski definition) is 1. The van der Waals surface area contributed by atoms with Crippen LogP contribution in [-0.4, -0.2) is 10.2 Å². The van der Waals surface area contributed by atoms with Gasteiger partial charge >= 0.3 is 0 Å². The summed E-state index contributed by atoms with van der Waals surface area (Å²) >= 11 is 5.63. The van der Waals surface area contributed by atoms with E-state index in [1.165, 1.54) is 6.07 Å². The molecule has 1 aromatic carbocycles. The van der Waals surface area contributed by atoms with Gasteiger partial charge in [-0.05, 0) is 25.1 Å². The fourth-order valence-electron chi connectivity index (χ4n) is 1.52. The number of nitrogens with zero attached hydrogens (tertiary/aromatic N) is 2. The zero-order valence-electron chi connectivity index (χ0n) is 9.19. The van der Waals surface area contributed by atoms with Crippen LogP contribution in [0.2, 0.25) is 5.15 Å². The van der Waals surface area contributed by atoms with E-state index in [-0.39, 0.29) is 11.9 Å². The fourth-order valence-corrected chi connectivity index (χ4v) is 1.62. The minimum atomic E-state index is -0.241. The molecule has 0 bridgehead atoms. The summed E-state index contributed by atoms with van der Waals surface area (Å²) in [6.45, 7) is 1.86. The first-order chi connectivity index (χ1) is 8.16. The van der Waals surface area contributed by atoms with E-state index in [9.17, 15) is 4.39 Å². The number of rotatable bonds is 3. The Morgan fingerprint density at radius 1 is 1.18 bits per heavy atom. The maximum Gasteiger partial charge on any atom is 0.151 e. The number of anilines is 1. The minimum absolute atomic E-state index is 0.188. The Kier molecular flexibility index (Phi) is 3.54. The summed E-state index contributed by atoms with van der Waals surface area (Å²) in [6, 6.07) is 9.76. The van der Waals surface area contributed by atoms with Gasteiger partial charge in [0.05, 0.1) is 6.04 Å². The van der Waals surface area contributed by atoms with Crippen molar-refractivity contribution in [1.82, 2.24) is 10.2 Å². The first-order valence-corrected chi connectivity index (χ1v) is 5.55. The van der Waals surface area contributed by atoms with Crippen molar-refractivity contribution in [3.05, 3.63) is 52.9 Å². The Morgan fingerprint density at radius 2 is 1.94 bits per heavy atom. The van der Waals surface area contributed by atoms with E-state index in [4.69, 9.17) is 11.6 Å². The molecule has 5 heteroatoms. The first kappa shape index (κ1) is 11.8. The van der Waals surface area contributed by atoms with Crippen LogP contribution < -0.4 is 5.32 Å². The summed E-state index contributed by atoms with van der Waals surface area (Å²) in [4.78, 5) is 0. The average Bonchev–Trinajstić information content (AvgIpc) is 2.32. The van der Waals surface area contributed by atoms with Crippen LogP contribution in [0.15, 0.2) is 36.4 Å². The van der Waals surface area contributed by atoms with Crippen LogP contribution in [0.1, 0.15) is 18.5 Å². The zero-order chi connectivity index (χ0) is 12.3. The molecular weight excluding hydrogens is 241 g/mol. The molecule has 0 radical (unpaired) electrons. The van der Waals surface area contributed by atoms with Crippen LogP contribution in [0, 0.1) is 5.82 Å². The van der Waals surface area contributed by atoms with E-state index < -0.39 is 0 Å². The lowest BCUT2D eigenvalue weighted by Crippen LogP contribution is -2.09. The molecule has 1 aromatic heterocycles. The molecule has 1 heterocycles. The Morgan fingerprint density at radius 3 is 2.59 bits per heavy atom. The van der Waals surface area contributed by atoms with E-state index in [2.05, 4.69) is 15.5 Å². The summed E-state index contributed by atoms with van der Waals surface area (Å²) in [7, 11) is 0. The second-order valence-electron chi connectivity index (χ2n) is 3.63. The SMILES string of the molecule is C[C@H](Nc1ccc(Cl)nn1)c1ccccc1F. The van der Waals surface area contributed by atoms with E-state index in [1.807, 2.05) is 6.92 Å². The van der Waals surface area contributed by atoms with Crippen molar-refractivity contribution in [2.24, 2.45) is 0 Å². The molecule has 0 aliphatic carbocycles. The normalized spacial score (nSPS) is 12.2. The lowest BCUT2D eigenvalue weighted by molar-refractivity contribution is 0.600. The third kappa shape index (κ3) is 2.91. The van der Waals surface area contributed by atoms with Crippen molar-refractivity contribution in [2.45, 2.75) is 13.0 Å². The Labute approximate surface area is 104 Å². The van der Waals surface area contributed by atoms with Gasteiger partial charge in [-0.2, -0.15) is 0 Å². The molecule has 1 N–H and O–H groups in total. The Bertz CT molecular complexity index is 501. The van der Waals surface area contributed by atoms with E-state index in [0.717, 1.165) is 0 Å². The van der Waals surface area contributed by atoms with Gasteiger partial charge in [0.15, 0.2) is 5.15 Å². The van der Waals surface area contributed by atoms with Crippen LogP contribution in [-0.2, 0) is 0 Å². The summed E-state index contributed by atoms with van der Waals surface area (Å²) < 4.78 is 13.5. The van der Waals surface area contributed by atoms with Crippen LogP contribution >= 0.6 is 11.6 Å². The Balaban J connectivity index is 2.14. The topological polar surface area (TPSA) is 37.8 Å². The largest absolute Gasteiger partial charge is 0.362 e. The second kappa shape index (κ2) is 5.10. The lowest BCUT2D eigenvalue weighted by atomic mass is 10.1. The van der Waals surface area contributed by atoms with Gasteiger partial charge in [-0.3, -0.25) is 0 Å². The molecule has 0 saturated carbocycles. The first-order valence-electron chi connectivity index (χ1n) is 5.17.